The Morgan fingerprint density at radius 3 is 0.615 bits per heavy atom. The fraction of sp³-hybridized carbons (Fsp3) is 0. The Bertz CT molecular complexity index is 75.4. The van der Waals surface area contributed by atoms with E-state index in [1.54, 1.807) is 0 Å². The van der Waals surface area contributed by atoms with Crippen molar-refractivity contribution in [3.8, 4) is 0 Å². The summed E-state index contributed by atoms with van der Waals surface area (Å²) in [6, 6.07) is 0. The molecule has 0 heterocycles. The smallest absolute Gasteiger partial charge is 1.00 e. The summed E-state index contributed by atoms with van der Waals surface area (Å²) < 4.78 is 0. The van der Waals surface area contributed by atoms with E-state index in [1.165, 1.54) is 0 Å². The number of hydrogen-bond acceptors (Lipinski definition) is 8. The molecule has 0 fully saturated rings. The van der Waals surface area contributed by atoms with E-state index in [4.69, 9.17) is 30.0 Å². The molecule has 0 N–H and O–H groups in total. The summed E-state index contributed by atoms with van der Waals surface area (Å²) in [4.78, 5) is 16.7. The van der Waals surface area contributed by atoms with Crippen molar-refractivity contribution in [2.24, 2.45) is 0 Å². The van der Waals surface area contributed by atoms with Crippen LogP contribution in [0.3, 0.4) is 0 Å². The zero-order valence-corrected chi connectivity index (χ0v) is 8.00. The third kappa shape index (κ3) is 3550000. The molecular formula is C2Cu3O8. The Kier molecular flexibility index (Phi) is 161. The zero-order chi connectivity index (χ0) is 7.15. The Morgan fingerprint density at radius 2 is 0.615 bits per heavy atom. The van der Waals surface area contributed by atoms with E-state index in [1.807, 2.05) is 0 Å². The minimum atomic E-state index is -2.33. The maximum absolute atomic E-state index is 8.33. The van der Waals surface area contributed by atoms with Crippen LogP contribution in [0.25, 0.3) is 0 Å². The molecule has 0 spiro atoms. The molecule has 0 aliphatic carbocycles. The fourth-order valence-corrected chi connectivity index (χ4v) is 0. The van der Waals surface area contributed by atoms with Gasteiger partial charge in [-0.25, -0.2) is 0 Å². The van der Waals surface area contributed by atoms with Crippen LogP contribution >= 0.6 is 0 Å². The van der Waals surface area contributed by atoms with Crippen molar-refractivity contribution < 1.29 is 92.2 Å². The van der Waals surface area contributed by atoms with Crippen molar-refractivity contribution in [1.82, 2.24) is 0 Å². The van der Waals surface area contributed by atoms with E-state index in [0.29, 0.717) is 0 Å². The quantitative estimate of drug-likeness (QED) is 0.396. The molecule has 13 heavy (non-hydrogen) atoms. The normalized spacial score (nSPS) is 3.69. The molecule has 0 aromatic heterocycles. The van der Waals surface area contributed by atoms with Gasteiger partial charge in [-0.05, 0) is 12.3 Å². The molecule has 11 heteroatoms. The molecule has 0 saturated heterocycles. The van der Waals surface area contributed by atoms with Crippen molar-refractivity contribution in [2.75, 3.05) is 0 Å². The fourth-order valence-electron chi connectivity index (χ4n) is 0. The maximum Gasteiger partial charge on any atom is 2.00 e. The van der Waals surface area contributed by atoms with Crippen LogP contribution in [0.2, 0.25) is 0 Å². The summed E-state index contributed by atoms with van der Waals surface area (Å²) in [5, 5.41) is 33.3. The average Bonchev–Trinajstić information content (AvgIpc) is 1.25. The van der Waals surface area contributed by atoms with Crippen LogP contribution in [-0.2, 0) is 62.2 Å². The first-order valence-corrected chi connectivity index (χ1v) is 1.22. The number of hydrogen-bond donors (Lipinski definition) is 0. The van der Waals surface area contributed by atoms with Crippen molar-refractivity contribution in [1.29, 1.82) is 0 Å². The number of carbonyl (C=O) groups excluding carboxylic acids is 2. The summed E-state index contributed by atoms with van der Waals surface area (Å²) in [6.07, 6.45) is -4.67. The van der Waals surface area contributed by atoms with Gasteiger partial charge in [-0.3, -0.25) is 0 Å². The van der Waals surface area contributed by atoms with Crippen LogP contribution < -0.4 is 20.4 Å². The molecule has 0 amide bonds. The van der Waals surface area contributed by atoms with Crippen molar-refractivity contribution in [3.05, 3.63) is 0 Å². The number of rotatable bonds is 0. The van der Waals surface area contributed by atoms with E-state index in [-0.39, 0.29) is 62.2 Å². The Labute approximate surface area is 104 Å². The Hall–Kier alpha value is 0.0184. The van der Waals surface area contributed by atoms with Gasteiger partial charge in [-0.1, -0.05) is 0 Å². The van der Waals surface area contributed by atoms with Crippen LogP contribution in [0.4, 0.5) is 9.59 Å². The molecular weight excluding hydrogens is 343 g/mol. The molecule has 0 aliphatic heterocycles. The van der Waals surface area contributed by atoms with E-state index < -0.39 is 12.3 Å². The predicted octanol–water partition coefficient (Wildman–Crippen LogP) is -5.14. The molecule has 0 aliphatic rings. The molecule has 8 nitrogen and oxygen atoms in total. The first-order valence-electron chi connectivity index (χ1n) is 1.22. The van der Waals surface area contributed by atoms with Crippen LogP contribution in [-0.4, -0.2) is 12.3 Å². The van der Waals surface area contributed by atoms with Crippen LogP contribution in [0.15, 0.2) is 0 Å². The monoisotopic (exact) mass is 341 g/mol. The zero-order valence-electron chi connectivity index (χ0n) is 5.17. The summed E-state index contributed by atoms with van der Waals surface area (Å²) in [7, 11) is 0. The van der Waals surface area contributed by atoms with Crippen molar-refractivity contribution in [2.45, 2.75) is 0 Å². The van der Waals surface area contributed by atoms with Gasteiger partial charge in [-0.15, -0.1) is 0 Å². The Balaban J connectivity index is -0.00000000800. The second-order valence-electron chi connectivity index (χ2n) is 0.500. The van der Waals surface area contributed by atoms with Crippen LogP contribution in [0, 0.1) is 0 Å². The summed E-state index contributed by atoms with van der Waals surface area (Å²) >= 11 is 0. The minimum Gasteiger partial charge on any atom is -1.00 e. The second-order valence-corrected chi connectivity index (χ2v) is 0.500. The molecule has 0 rings (SSSR count). The number of carbonyl (C=O) groups is 2. The Morgan fingerprint density at radius 1 is 0.615 bits per heavy atom. The first-order chi connectivity index (χ1) is 3.46. The van der Waals surface area contributed by atoms with Gasteiger partial charge in [0.2, 0.25) is 0 Å². The van der Waals surface area contributed by atoms with Gasteiger partial charge in [0.15, 0.2) is 0 Å². The first kappa shape index (κ1) is 51.9. The molecule has 5 radical (unpaired) electrons. The maximum atomic E-state index is 8.33. The van der Waals surface area contributed by atoms with E-state index in [0.717, 1.165) is 0 Å². The molecule has 0 aromatic rings. The predicted molar refractivity (Wildman–Crippen MR) is 12.2 cm³/mol. The van der Waals surface area contributed by atoms with Gasteiger partial charge in [-0.2, -0.15) is 0 Å². The van der Waals surface area contributed by atoms with Crippen LogP contribution in [0.1, 0.15) is 0 Å². The topological polar surface area (TPSA) is 183 Å². The van der Waals surface area contributed by atoms with E-state index in [2.05, 4.69) is 0 Å². The molecule has 0 bridgehead atoms. The second kappa shape index (κ2) is 40.3. The molecule has 0 aromatic carbocycles. The largest absolute Gasteiger partial charge is 2.00 e. The van der Waals surface area contributed by atoms with E-state index >= 15 is 0 Å². The SMILES string of the molecule is O=C([O-])[O-].O=C([O-])[O-].[Cu+2].[Cu+2].[Cu+2].[O-].[O-]. The number of carboxylic acid groups (broad SMARTS) is 4. The third-order valence-corrected chi connectivity index (χ3v) is 0. The molecule has 0 saturated carbocycles. The third-order valence-electron chi connectivity index (χ3n) is 0. The van der Waals surface area contributed by atoms with E-state index in [9.17, 15) is 0 Å². The standard InChI is InChI=1S/2CH2O3.3Cu.2O/c2*2-1(3)4;;;;;/h2*(H2,2,3,4);;;;;/q;;3*+2;2*-1/p-4. The summed E-state index contributed by atoms with van der Waals surface area (Å²) in [5.74, 6) is 0. The van der Waals surface area contributed by atoms with Crippen molar-refractivity contribution in [3.63, 3.8) is 0 Å². The minimum absolute atomic E-state index is 0. The van der Waals surface area contributed by atoms with Gasteiger partial charge in [0, 0.05) is 0 Å². The average molecular weight is 343 g/mol. The summed E-state index contributed by atoms with van der Waals surface area (Å²) in [6.45, 7) is 0. The molecule has 0 atom stereocenters. The van der Waals surface area contributed by atoms with Crippen LogP contribution in [0.5, 0.6) is 0 Å². The molecule has 89 valence electrons. The van der Waals surface area contributed by atoms with Gasteiger partial charge >= 0.3 is 51.2 Å². The van der Waals surface area contributed by atoms with Crippen molar-refractivity contribution >= 4 is 12.3 Å². The van der Waals surface area contributed by atoms with Gasteiger partial charge in [0.05, 0.1) is 0 Å². The van der Waals surface area contributed by atoms with Gasteiger partial charge in [0.25, 0.3) is 0 Å². The summed E-state index contributed by atoms with van der Waals surface area (Å²) in [5.41, 5.74) is 0. The molecule has 0 unspecified atom stereocenters. The van der Waals surface area contributed by atoms with Gasteiger partial charge < -0.3 is 41.0 Å². The van der Waals surface area contributed by atoms with Gasteiger partial charge in [0.1, 0.15) is 0 Å².